The van der Waals surface area contributed by atoms with Gasteiger partial charge in [0.1, 0.15) is 5.82 Å². The summed E-state index contributed by atoms with van der Waals surface area (Å²) < 4.78 is 51.1. The Morgan fingerprint density at radius 2 is 1.76 bits per heavy atom. The molecule has 3 rings (SSSR count). The number of carbonyl (C=O) groups excluding carboxylic acids is 2. The molecule has 1 saturated heterocycles. The second-order valence-corrected chi connectivity index (χ2v) is 8.37. The van der Waals surface area contributed by atoms with E-state index in [1.807, 2.05) is 0 Å². The largest absolute Gasteiger partial charge is 0.451 e. The standard InChI is InChI=1S/C20H20FNO6S/c1-14(19(23)15-5-3-2-4-6-15)28-20(24)17-13-16(7-8-18(17)21)29(25,26)22-9-11-27-12-10-22/h2-8,13-14H,9-12H2,1H3. The first-order valence-electron chi connectivity index (χ1n) is 8.98. The third-order valence-electron chi connectivity index (χ3n) is 4.48. The molecule has 0 aliphatic carbocycles. The highest BCUT2D eigenvalue weighted by Gasteiger charge is 2.29. The lowest BCUT2D eigenvalue weighted by Crippen LogP contribution is -2.40. The van der Waals surface area contributed by atoms with Crippen molar-refractivity contribution in [2.45, 2.75) is 17.9 Å². The maximum Gasteiger partial charge on any atom is 0.341 e. The SMILES string of the molecule is CC(OC(=O)c1cc(S(=O)(=O)N2CCOCC2)ccc1F)C(=O)c1ccccc1. The summed E-state index contributed by atoms with van der Waals surface area (Å²) in [5, 5.41) is 0. The summed E-state index contributed by atoms with van der Waals surface area (Å²) in [4.78, 5) is 24.5. The molecule has 1 heterocycles. The van der Waals surface area contributed by atoms with E-state index in [2.05, 4.69) is 0 Å². The first kappa shape index (κ1) is 21.1. The monoisotopic (exact) mass is 421 g/mol. The molecule has 1 fully saturated rings. The summed E-state index contributed by atoms with van der Waals surface area (Å²) in [5.74, 6) is -2.50. The number of hydrogen-bond donors (Lipinski definition) is 0. The van der Waals surface area contributed by atoms with Crippen LogP contribution < -0.4 is 0 Å². The summed E-state index contributed by atoms with van der Waals surface area (Å²) in [6.07, 6.45) is -1.16. The van der Waals surface area contributed by atoms with Gasteiger partial charge in [-0.3, -0.25) is 4.79 Å². The van der Waals surface area contributed by atoms with Gasteiger partial charge in [0, 0.05) is 18.7 Å². The van der Waals surface area contributed by atoms with Crippen LogP contribution in [0.15, 0.2) is 53.4 Å². The smallest absolute Gasteiger partial charge is 0.341 e. The van der Waals surface area contributed by atoms with Gasteiger partial charge in [-0.05, 0) is 25.1 Å². The van der Waals surface area contributed by atoms with Crippen molar-refractivity contribution in [2.24, 2.45) is 0 Å². The van der Waals surface area contributed by atoms with Crippen LogP contribution in [0.4, 0.5) is 4.39 Å². The number of esters is 1. The number of carbonyl (C=O) groups is 2. The summed E-state index contributed by atoms with van der Waals surface area (Å²) in [6, 6.07) is 11.1. The summed E-state index contributed by atoms with van der Waals surface area (Å²) in [7, 11) is -3.91. The highest BCUT2D eigenvalue weighted by Crippen LogP contribution is 2.21. The lowest BCUT2D eigenvalue weighted by molar-refractivity contribution is 0.0314. The van der Waals surface area contributed by atoms with E-state index in [4.69, 9.17) is 9.47 Å². The number of nitrogens with zero attached hydrogens (tertiary/aromatic N) is 1. The quantitative estimate of drug-likeness (QED) is 0.525. The molecule has 1 aliphatic heterocycles. The van der Waals surface area contributed by atoms with Crippen LogP contribution in [0.2, 0.25) is 0 Å². The Kier molecular flexibility index (Phi) is 6.41. The molecule has 7 nitrogen and oxygen atoms in total. The maximum absolute atomic E-state index is 14.2. The molecule has 1 unspecified atom stereocenters. The zero-order valence-corrected chi connectivity index (χ0v) is 16.5. The molecule has 0 bridgehead atoms. The molecule has 0 aromatic heterocycles. The average molecular weight is 421 g/mol. The van der Waals surface area contributed by atoms with Crippen LogP contribution in [-0.4, -0.2) is 56.9 Å². The number of sulfonamides is 1. The Morgan fingerprint density at radius 3 is 2.41 bits per heavy atom. The fraction of sp³-hybridized carbons (Fsp3) is 0.300. The summed E-state index contributed by atoms with van der Waals surface area (Å²) in [5.41, 5.74) is -0.205. The number of morpholine rings is 1. The molecule has 2 aromatic rings. The van der Waals surface area contributed by atoms with Crippen molar-refractivity contribution >= 4 is 21.8 Å². The molecule has 9 heteroatoms. The summed E-state index contributed by atoms with van der Waals surface area (Å²) >= 11 is 0. The number of rotatable bonds is 6. The van der Waals surface area contributed by atoms with Gasteiger partial charge in [0.05, 0.1) is 23.7 Å². The summed E-state index contributed by atoms with van der Waals surface area (Å²) in [6.45, 7) is 2.23. The maximum atomic E-state index is 14.2. The third-order valence-corrected chi connectivity index (χ3v) is 6.37. The molecule has 2 aromatic carbocycles. The van der Waals surface area contributed by atoms with Gasteiger partial charge < -0.3 is 9.47 Å². The van der Waals surface area contributed by atoms with Gasteiger partial charge >= 0.3 is 5.97 Å². The predicted octanol–water partition coefficient (Wildman–Crippen LogP) is 2.27. The topological polar surface area (TPSA) is 90.0 Å². The molecular weight excluding hydrogens is 401 g/mol. The second-order valence-electron chi connectivity index (χ2n) is 6.44. The van der Waals surface area contributed by atoms with Gasteiger partial charge in [-0.1, -0.05) is 30.3 Å². The Morgan fingerprint density at radius 1 is 1.10 bits per heavy atom. The number of hydrogen-bond acceptors (Lipinski definition) is 6. The molecule has 29 heavy (non-hydrogen) atoms. The molecular formula is C20H20FNO6S. The molecule has 0 N–H and O–H groups in total. The number of ketones is 1. The van der Waals surface area contributed by atoms with Gasteiger partial charge in [-0.25, -0.2) is 17.6 Å². The first-order chi connectivity index (χ1) is 13.8. The van der Waals surface area contributed by atoms with E-state index < -0.39 is 39.3 Å². The lowest BCUT2D eigenvalue weighted by Gasteiger charge is -2.26. The Bertz CT molecular complexity index is 1000. The minimum absolute atomic E-state index is 0.169. The predicted molar refractivity (Wildman–Crippen MR) is 102 cm³/mol. The Hall–Kier alpha value is -2.62. The van der Waals surface area contributed by atoms with Crippen LogP contribution in [-0.2, 0) is 19.5 Å². The normalized spacial score (nSPS) is 16.2. The third kappa shape index (κ3) is 4.69. The van der Waals surface area contributed by atoms with Crippen molar-refractivity contribution in [3.8, 4) is 0 Å². The number of benzene rings is 2. The van der Waals surface area contributed by atoms with E-state index in [1.165, 1.54) is 11.2 Å². The molecule has 0 spiro atoms. The molecule has 154 valence electrons. The number of ether oxygens (including phenoxy) is 2. The van der Waals surface area contributed by atoms with Gasteiger partial charge in [0.2, 0.25) is 15.8 Å². The number of Topliss-reactive ketones (excluding diaryl/α,β-unsaturated/α-hetero) is 1. The second kappa shape index (κ2) is 8.81. The average Bonchev–Trinajstić information content (AvgIpc) is 2.74. The van der Waals surface area contributed by atoms with E-state index >= 15 is 0 Å². The molecule has 0 radical (unpaired) electrons. The van der Waals surface area contributed by atoms with E-state index in [9.17, 15) is 22.4 Å². The van der Waals surface area contributed by atoms with Gasteiger partial charge in [0.25, 0.3) is 0 Å². The first-order valence-corrected chi connectivity index (χ1v) is 10.4. The minimum Gasteiger partial charge on any atom is -0.451 e. The van der Waals surface area contributed by atoms with Gasteiger partial charge in [-0.15, -0.1) is 0 Å². The van der Waals surface area contributed by atoms with E-state index in [1.54, 1.807) is 30.3 Å². The van der Waals surface area contributed by atoms with Crippen LogP contribution >= 0.6 is 0 Å². The molecule has 1 atom stereocenters. The van der Waals surface area contributed by atoms with Crippen molar-refractivity contribution < 1.29 is 31.9 Å². The fourth-order valence-corrected chi connectivity index (χ4v) is 4.31. The Balaban J connectivity index is 1.80. The highest BCUT2D eigenvalue weighted by molar-refractivity contribution is 7.89. The highest BCUT2D eigenvalue weighted by atomic mass is 32.2. The van der Waals surface area contributed by atoms with E-state index in [0.717, 1.165) is 18.2 Å². The van der Waals surface area contributed by atoms with Crippen LogP contribution in [0.5, 0.6) is 0 Å². The molecule has 1 aliphatic rings. The lowest BCUT2D eigenvalue weighted by atomic mass is 10.1. The van der Waals surface area contributed by atoms with E-state index in [0.29, 0.717) is 5.56 Å². The van der Waals surface area contributed by atoms with Crippen LogP contribution in [0, 0.1) is 5.82 Å². The van der Waals surface area contributed by atoms with Crippen LogP contribution in [0.25, 0.3) is 0 Å². The van der Waals surface area contributed by atoms with Gasteiger partial charge in [0.15, 0.2) is 6.10 Å². The van der Waals surface area contributed by atoms with Crippen molar-refractivity contribution in [1.29, 1.82) is 0 Å². The Labute approximate surface area is 168 Å². The van der Waals surface area contributed by atoms with E-state index in [-0.39, 0.29) is 31.2 Å². The zero-order valence-electron chi connectivity index (χ0n) is 15.7. The van der Waals surface area contributed by atoms with Crippen molar-refractivity contribution in [1.82, 2.24) is 4.31 Å². The van der Waals surface area contributed by atoms with Crippen molar-refractivity contribution in [3.05, 3.63) is 65.5 Å². The fourth-order valence-electron chi connectivity index (χ4n) is 2.87. The molecule has 0 saturated carbocycles. The van der Waals surface area contributed by atoms with Crippen molar-refractivity contribution in [2.75, 3.05) is 26.3 Å². The number of halogens is 1. The minimum atomic E-state index is -3.91. The van der Waals surface area contributed by atoms with Crippen molar-refractivity contribution in [3.63, 3.8) is 0 Å². The molecule has 0 amide bonds. The van der Waals surface area contributed by atoms with Crippen LogP contribution in [0.3, 0.4) is 0 Å². The van der Waals surface area contributed by atoms with Crippen LogP contribution in [0.1, 0.15) is 27.6 Å². The van der Waals surface area contributed by atoms with Gasteiger partial charge in [-0.2, -0.15) is 4.31 Å². The zero-order chi connectivity index (χ0) is 21.0.